The first-order valence-electron chi connectivity index (χ1n) is 7.40. The van der Waals surface area contributed by atoms with Gasteiger partial charge in [-0.1, -0.05) is 19.8 Å². The summed E-state index contributed by atoms with van der Waals surface area (Å²) in [5.74, 6) is 0.168. The highest BCUT2D eigenvalue weighted by Gasteiger charge is 2.21. The Bertz CT molecular complexity index is 237. The number of nitrogens with zero attached hydrogens (tertiary/aromatic N) is 1. The quantitative estimate of drug-likeness (QED) is 0.753. The monoisotopic (exact) mass is 255 g/mol. The molecule has 0 saturated carbocycles. The zero-order valence-corrected chi connectivity index (χ0v) is 12.2. The van der Waals surface area contributed by atoms with Gasteiger partial charge >= 0.3 is 0 Å². The Balaban J connectivity index is 2.30. The number of likely N-dealkylation sites (tertiary alicyclic amines) is 1. The lowest BCUT2D eigenvalue weighted by atomic mass is 10.2. The van der Waals surface area contributed by atoms with Gasteiger partial charge in [0, 0.05) is 12.6 Å². The lowest BCUT2D eigenvalue weighted by Crippen LogP contribution is -2.48. The van der Waals surface area contributed by atoms with Crippen molar-refractivity contribution in [3.63, 3.8) is 0 Å². The molecule has 1 heterocycles. The zero-order valence-electron chi connectivity index (χ0n) is 12.2. The zero-order chi connectivity index (χ0) is 13.4. The summed E-state index contributed by atoms with van der Waals surface area (Å²) in [5.41, 5.74) is 0. The molecule has 0 spiro atoms. The SMILES string of the molecule is CCN[C@H](C)CNC(=O)C(C)N1CCCCCC1. The summed E-state index contributed by atoms with van der Waals surface area (Å²) in [5, 5.41) is 6.34. The van der Waals surface area contributed by atoms with E-state index in [1.807, 2.05) is 6.92 Å². The summed E-state index contributed by atoms with van der Waals surface area (Å²) in [7, 11) is 0. The summed E-state index contributed by atoms with van der Waals surface area (Å²) in [6.07, 6.45) is 5.07. The molecule has 1 aliphatic heterocycles. The van der Waals surface area contributed by atoms with E-state index in [9.17, 15) is 4.79 Å². The predicted octanol–water partition coefficient (Wildman–Crippen LogP) is 1.37. The molecule has 1 saturated heterocycles. The fourth-order valence-electron chi connectivity index (χ4n) is 2.47. The van der Waals surface area contributed by atoms with Gasteiger partial charge in [0.2, 0.25) is 5.91 Å². The molecule has 1 unspecified atom stereocenters. The van der Waals surface area contributed by atoms with Crippen LogP contribution in [0.15, 0.2) is 0 Å². The Morgan fingerprint density at radius 2 is 1.78 bits per heavy atom. The van der Waals surface area contributed by atoms with Gasteiger partial charge in [0.15, 0.2) is 0 Å². The van der Waals surface area contributed by atoms with Crippen molar-refractivity contribution >= 4 is 5.91 Å². The van der Waals surface area contributed by atoms with E-state index in [2.05, 4.69) is 29.4 Å². The molecule has 0 aromatic carbocycles. The molecule has 0 aromatic heterocycles. The summed E-state index contributed by atoms with van der Waals surface area (Å²) in [6.45, 7) is 10.00. The number of nitrogens with one attached hydrogen (secondary N) is 2. The highest BCUT2D eigenvalue weighted by atomic mass is 16.2. The Labute approximate surface area is 111 Å². The largest absolute Gasteiger partial charge is 0.353 e. The van der Waals surface area contributed by atoms with Crippen LogP contribution in [-0.2, 0) is 4.79 Å². The standard InChI is InChI=1S/C14H29N3O/c1-4-15-12(2)11-16-14(18)13(3)17-9-7-5-6-8-10-17/h12-13,15H,4-11H2,1-3H3,(H,16,18)/t12-,13?/m1/s1. The van der Waals surface area contributed by atoms with Crippen molar-refractivity contribution in [2.45, 2.75) is 58.5 Å². The first-order valence-corrected chi connectivity index (χ1v) is 7.40. The average molecular weight is 255 g/mol. The Morgan fingerprint density at radius 3 is 2.33 bits per heavy atom. The minimum absolute atomic E-state index is 0.0110. The molecule has 4 nitrogen and oxygen atoms in total. The van der Waals surface area contributed by atoms with Gasteiger partial charge in [-0.2, -0.15) is 0 Å². The fourth-order valence-corrected chi connectivity index (χ4v) is 2.47. The van der Waals surface area contributed by atoms with Gasteiger partial charge in [-0.25, -0.2) is 0 Å². The van der Waals surface area contributed by atoms with Gasteiger partial charge in [-0.15, -0.1) is 0 Å². The number of amides is 1. The summed E-state index contributed by atoms with van der Waals surface area (Å²) >= 11 is 0. The van der Waals surface area contributed by atoms with Crippen molar-refractivity contribution in [3.8, 4) is 0 Å². The third kappa shape index (κ3) is 5.36. The second-order valence-electron chi connectivity index (χ2n) is 5.33. The van der Waals surface area contributed by atoms with Gasteiger partial charge < -0.3 is 10.6 Å². The van der Waals surface area contributed by atoms with E-state index in [0.717, 1.165) is 19.6 Å². The molecule has 18 heavy (non-hydrogen) atoms. The molecule has 4 heteroatoms. The Hall–Kier alpha value is -0.610. The van der Waals surface area contributed by atoms with E-state index >= 15 is 0 Å². The van der Waals surface area contributed by atoms with E-state index in [-0.39, 0.29) is 11.9 Å². The van der Waals surface area contributed by atoms with Crippen molar-refractivity contribution in [2.24, 2.45) is 0 Å². The van der Waals surface area contributed by atoms with E-state index in [1.54, 1.807) is 0 Å². The molecule has 2 atom stereocenters. The van der Waals surface area contributed by atoms with Crippen LogP contribution in [0.4, 0.5) is 0 Å². The molecule has 1 fully saturated rings. The van der Waals surface area contributed by atoms with Gasteiger partial charge in [0.25, 0.3) is 0 Å². The summed E-state index contributed by atoms with van der Waals surface area (Å²) in [4.78, 5) is 14.4. The third-order valence-corrected chi connectivity index (χ3v) is 3.70. The van der Waals surface area contributed by atoms with Crippen molar-refractivity contribution in [1.29, 1.82) is 0 Å². The maximum Gasteiger partial charge on any atom is 0.237 e. The molecule has 106 valence electrons. The molecular formula is C14H29N3O. The lowest BCUT2D eigenvalue weighted by Gasteiger charge is -2.27. The van der Waals surface area contributed by atoms with E-state index < -0.39 is 0 Å². The van der Waals surface area contributed by atoms with E-state index in [4.69, 9.17) is 0 Å². The van der Waals surface area contributed by atoms with Crippen LogP contribution in [0.3, 0.4) is 0 Å². The fraction of sp³-hybridized carbons (Fsp3) is 0.929. The minimum atomic E-state index is 0.0110. The maximum absolute atomic E-state index is 12.1. The number of hydrogen-bond donors (Lipinski definition) is 2. The molecular weight excluding hydrogens is 226 g/mol. The smallest absolute Gasteiger partial charge is 0.237 e. The van der Waals surface area contributed by atoms with Crippen LogP contribution < -0.4 is 10.6 Å². The van der Waals surface area contributed by atoms with Crippen LogP contribution in [0.2, 0.25) is 0 Å². The molecule has 0 aromatic rings. The van der Waals surface area contributed by atoms with Gasteiger partial charge in [-0.05, 0) is 46.3 Å². The number of hydrogen-bond acceptors (Lipinski definition) is 3. The van der Waals surface area contributed by atoms with Crippen LogP contribution in [0, 0.1) is 0 Å². The van der Waals surface area contributed by atoms with Crippen molar-refractivity contribution < 1.29 is 4.79 Å². The van der Waals surface area contributed by atoms with Gasteiger partial charge in [0.1, 0.15) is 0 Å². The third-order valence-electron chi connectivity index (χ3n) is 3.70. The van der Waals surface area contributed by atoms with E-state index in [1.165, 1.54) is 25.7 Å². The second-order valence-corrected chi connectivity index (χ2v) is 5.33. The van der Waals surface area contributed by atoms with Crippen LogP contribution >= 0.6 is 0 Å². The lowest BCUT2D eigenvalue weighted by molar-refractivity contribution is -0.125. The van der Waals surface area contributed by atoms with Gasteiger partial charge in [-0.3, -0.25) is 9.69 Å². The minimum Gasteiger partial charge on any atom is -0.353 e. The first kappa shape index (κ1) is 15.4. The maximum atomic E-state index is 12.1. The molecule has 0 radical (unpaired) electrons. The Kier molecular flexibility index (Phi) is 7.28. The Morgan fingerprint density at radius 1 is 1.17 bits per heavy atom. The van der Waals surface area contributed by atoms with Crippen LogP contribution in [-0.4, -0.2) is 49.1 Å². The van der Waals surface area contributed by atoms with Crippen LogP contribution in [0.25, 0.3) is 0 Å². The second kappa shape index (κ2) is 8.48. The molecule has 1 rings (SSSR count). The molecule has 2 N–H and O–H groups in total. The van der Waals surface area contributed by atoms with Gasteiger partial charge in [0.05, 0.1) is 6.04 Å². The number of likely N-dealkylation sites (N-methyl/N-ethyl adjacent to an activating group) is 1. The van der Waals surface area contributed by atoms with Crippen molar-refractivity contribution in [3.05, 3.63) is 0 Å². The molecule has 0 aliphatic carbocycles. The number of rotatable bonds is 6. The topological polar surface area (TPSA) is 44.4 Å². The van der Waals surface area contributed by atoms with Crippen LogP contribution in [0.1, 0.15) is 46.5 Å². The normalized spacial score (nSPS) is 21.1. The number of carbonyl (C=O) groups excluding carboxylic acids is 1. The first-order chi connectivity index (χ1) is 8.65. The summed E-state index contributed by atoms with van der Waals surface area (Å²) < 4.78 is 0. The molecule has 1 amide bonds. The van der Waals surface area contributed by atoms with Crippen molar-refractivity contribution in [1.82, 2.24) is 15.5 Å². The highest BCUT2D eigenvalue weighted by Crippen LogP contribution is 2.12. The number of carbonyl (C=O) groups is 1. The molecule has 1 aliphatic rings. The highest BCUT2D eigenvalue weighted by molar-refractivity contribution is 5.81. The van der Waals surface area contributed by atoms with Crippen LogP contribution in [0.5, 0.6) is 0 Å². The summed E-state index contributed by atoms with van der Waals surface area (Å²) in [6, 6.07) is 0.354. The predicted molar refractivity (Wildman–Crippen MR) is 75.7 cm³/mol. The average Bonchev–Trinajstić information content (AvgIpc) is 2.64. The molecule has 0 bridgehead atoms. The van der Waals surface area contributed by atoms with Crippen molar-refractivity contribution in [2.75, 3.05) is 26.2 Å². The van der Waals surface area contributed by atoms with E-state index in [0.29, 0.717) is 12.6 Å².